The van der Waals surface area contributed by atoms with Gasteiger partial charge in [-0.3, -0.25) is 0 Å². The second kappa shape index (κ2) is 6.80. The number of hydrogen-bond donors (Lipinski definition) is 1. The molecule has 0 radical (unpaired) electrons. The monoisotopic (exact) mass is 233 g/mol. The van der Waals surface area contributed by atoms with Gasteiger partial charge in [-0.2, -0.15) is 0 Å². The molecule has 0 saturated carbocycles. The van der Waals surface area contributed by atoms with Crippen molar-refractivity contribution in [1.29, 1.82) is 0 Å². The number of hydrogen-bond acceptors (Lipinski definition) is 1. The minimum absolute atomic E-state index is 0.594. The van der Waals surface area contributed by atoms with Crippen molar-refractivity contribution < 1.29 is 0 Å². The fraction of sp³-hybridized carbons (Fsp3) is 0.625. The SMILES string of the molecule is CCCNC(C)C(C)Cc1ccc(C)c(C)c1. The maximum atomic E-state index is 3.58. The molecule has 0 aliphatic carbocycles. The van der Waals surface area contributed by atoms with Gasteiger partial charge in [-0.25, -0.2) is 0 Å². The molecule has 0 bridgehead atoms. The van der Waals surface area contributed by atoms with E-state index in [9.17, 15) is 0 Å². The zero-order valence-electron chi connectivity index (χ0n) is 12.0. The second-order valence-corrected chi connectivity index (χ2v) is 5.34. The fourth-order valence-corrected chi connectivity index (χ4v) is 2.05. The highest BCUT2D eigenvalue weighted by atomic mass is 14.9. The van der Waals surface area contributed by atoms with E-state index in [2.05, 4.69) is 58.1 Å². The van der Waals surface area contributed by atoms with Gasteiger partial charge in [0.05, 0.1) is 0 Å². The predicted molar refractivity (Wildman–Crippen MR) is 76.5 cm³/mol. The summed E-state index contributed by atoms with van der Waals surface area (Å²) in [6.45, 7) is 12.3. The van der Waals surface area contributed by atoms with Crippen LogP contribution in [-0.4, -0.2) is 12.6 Å². The Kier molecular flexibility index (Phi) is 5.70. The molecule has 17 heavy (non-hydrogen) atoms. The molecule has 1 nitrogen and oxygen atoms in total. The molecule has 0 aliphatic rings. The normalized spacial score (nSPS) is 14.6. The zero-order chi connectivity index (χ0) is 12.8. The Morgan fingerprint density at radius 3 is 2.41 bits per heavy atom. The van der Waals surface area contributed by atoms with E-state index in [4.69, 9.17) is 0 Å². The number of nitrogens with one attached hydrogen (secondary N) is 1. The molecule has 0 fully saturated rings. The van der Waals surface area contributed by atoms with E-state index in [1.165, 1.54) is 29.5 Å². The third-order valence-electron chi connectivity index (χ3n) is 3.70. The molecule has 0 aromatic heterocycles. The van der Waals surface area contributed by atoms with Crippen molar-refractivity contribution in [2.75, 3.05) is 6.54 Å². The first kappa shape index (κ1) is 14.2. The van der Waals surface area contributed by atoms with Crippen LogP contribution < -0.4 is 5.32 Å². The van der Waals surface area contributed by atoms with Crippen LogP contribution in [0.1, 0.15) is 43.9 Å². The summed E-state index contributed by atoms with van der Waals surface area (Å²) >= 11 is 0. The molecular weight excluding hydrogens is 206 g/mol. The Hall–Kier alpha value is -0.820. The molecule has 1 N–H and O–H groups in total. The Balaban J connectivity index is 2.55. The lowest BCUT2D eigenvalue weighted by molar-refractivity contribution is 0.399. The third kappa shape index (κ3) is 4.51. The Morgan fingerprint density at radius 1 is 1.12 bits per heavy atom. The molecule has 1 rings (SSSR count). The van der Waals surface area contributed by atoms with Gasteiger partial charge in [-0.15, -0.1) is 0 Å². The van der Waals surface area contributed by atoms with Crippen molar-refractivity contribution in [2.45, 2.75) is 53.5 Å². The quantitative estimate of drug-likeness (QED) is 0.786. The average molecular weight is 233 g/mol. The van der Waals surface area contributed by atoms with Gasteiger partial charge in [0.1, 0.15) is 0 Å². The van der Waals surface area contributed by atoms with Crippen LogP contribution in [0.15, 0.2) is 18.2 Å². The second-order valence-electron chi connectivity index (χ2n) is 5.34. The molecule has 2 unspecified atom stereocenters. The van der Waals surface area contributed by atoms with Crippen molar-refractivity contribution in [2.24, 2.45) is 5.92 Å². The van der Waals surface area contributed by atoms with Gasteiger partial charge >= 0.3 is 0 Å². The Labute approximate surface area is 107 Å². The zero-order valence-corrected chi connectivity index (χ0v) is 12.0. The highest BCUT2D eigenvalue weighted by molar-refractivity contribution is 5.30. The van der Waals surface area contributed by atoms with Crippen LogP contribution in [0, 0.1) is 19.8 Å². The van der Waals surface area contributed by atoms with Gasteiger partial charge in [0, 0.05) is 6.04 Å². The first-order chi connectivity index (χ1) is 8.04. The fourth-order valence-electron chi connectivity index (χ4n) is 2.05. The van der Waals surface area contributed by atoms with Crippen LogP contribution in [0.3, 0.4) is 0 Å². The largest absolute Gasteiger partial charge is 0.314 e. The molecule has 0 saturated heterocycles. The third-order valence-corrected chi connectivity index (χ3v) is 3.70. The Bertz CT molecular complexity index is 343. The van der Waals surface area contributed by atoms with Crippen LogP contribution in [0.5, 0.6) is 0 Å². The van der Waals surface area contributed by atoms with E-state index in [-0.39, 0.29) is 0 Å². The van der Waals surface area contributed by atoms with Gasteiger partial charge in [0.2, 0.25) is 0 Å². The van der Waals surface area contributed by atoms with Crippen molar-refractivity contribution in [1.82, 2.24) is 5.32 Å². The lowest BCUT2D eigenvalue weighted by Crippen LogP contribution is -2.33. The number of aryl methyl sites for hydroxylation is 2. The molecule has 1 aromatic rings. The van der Waals surface area contributed by atoms with Gasteiger partial charge < -0.3 is 5.32 Å². The maximum absolute atomic E-state index is 3.58. The summed E-state index contributed by atoms with van der Waals surface area (Å²) in [4.78, 5) is 0. The summed E-state index contributed by atoms with van der Waals surface area (Å²) in [6.07, 6.45) is 2.37. The van der Waals surface area contributed by atoms with Crippen LogP contribution in [0.4, 0.5) is 0 Å². The summed E-state index contributed by atoms with van der Waals surface area (Å²) in [5, 5.41) is 3.58. The van der Waals surface area contributed by atoms with Crippen LogP contribution in [0.25, 0.3) is 0 Å². The van der Waals surface area contributed by atoms with E-state index in [1.807, 2.05) is 0 Å². The summed E-state index contributed by atoms with van der Waals surface area (Å²) in [6, 6.07) is 7.43. The first-order valence-corrected chi connectivity index (χ1v) is 6.84. The van der Waals surface area contributed by atoms with E-state index < -0.39 is 0 Å². The number of rotatable bonds is 6. The van der Waals surface area contributed by atoms with E-state index in [0.717, 1.165) is 6.54 Å². The molecule has 1 aromatic carbocycles. The maximum Gasteiger partial charge on any atom is 0.00675 e. The average Bonchev–Trinajstić information content (AvgIpc) is 2.30. The topological polar surface area (TPSA) is 12.0 Å². The van der Waals surface area contributed by atoms with Gasteiger partial charge in [-0.1, -0.05) is 32.0 Å². The highest BCUT2D eigenvalue weighted by Gasteiger charge is 2.12. The minimum Gasteiger partial charge on any atom is -0.314 e. The lowest BCUT2D eigenvalue weighted by atomic mass is 9.93. The first-order valence-electron chi connectivity index (χ1n) is 6.84. The van der Waals surface area contributed by atoms with Crippen molar-refractivity contribution in [3.63, 3.8) is 0 Å². The molecular formula is C16H27N. The van der Waals surface area contributed by atoms with Gasteiger partial charge in [0.15, 0.2) is 0 Å². The van der Waals surface area contributed by atoms with Crippen molar-refractivity contribution >= 4 is 0 Å². The minimum atomic E-state index is 0.594. The van der Waals surface area contributed by atoms with E-state index in [0.29, 0.717) is 12.0 Å². The molecule has 1 heteroatoms. The Morgan fingerprint density at radius 2 is 1.82 bits per heavy atom. The van der Waals surface area contributed by atoms with Crippen LogP contribution in [0.2, 0.25) is 0 Å². The van der Waals surface area contributed by atoms with Crippen LogP contribution >= 0.6 is 0 Å². The number of benzene rings is 1. The lowest BCUT2D eigenvalue weighted by Gasteiger charge is -2.21. The predicted octanol–water partition coefficient (Wildman–Crippen LogP) is 3.87. The molecule has 2 atom stereocenters. The summed E-state index contributed by atoms with van der Waals surface area (Å²) in [5.74, 6) is 0.684. The van der Waals surface area contributed by atoms with Crippen molar-refractivity contribution in [3.05, 3.63) is 34.9 Å². The van der Waals surface area contributed by atoms with Crippen LogP contribution in [-0.2, 0) is 6.42 Å². The van der Waals surface area contributed by atoms with Gasteiger partial charge in [-0.05, 0) is 62.8 Å². The van der Waals surface area contributed by atoms with E-state index >= 15 is 0 Å². The van der Waals surface area contributed by atoms with Gasteiger partial charge in [0.25, 0.3) is 0 Å². The molecule has 0 heterocycles. The standard InChI is InChI=1S/C16H27N/c1-6-9-17-15(5)14(4)11-16-8-7-12(2)13(3)10-16/h7-8,10,14-15,17H,6,9,11H2,1-5H3. The smallest absolute Gasteiger partial charge is 0.00675 e. The molecule has 96 valence electrons. The molecule has 0 spiro atoms. The summed E-state index contributed by atoms with van der Waals surface area (Å²) in [5.41, 5.74) is 4.26. The van der Waals surface area contributed by atoms with E-state index in [1.54, 1.807) is 0 Å². The molecule has 0 aliphatic heterocycles. The highest BCUT2D eigenvalue weighted by Crippen LogP contribution is 2.15. The molecule has 0 amide bonds. The summed E-state index contributed by atoms with van der Waals surface area (Å²) < 4.78 is 0. The van der Waals surface area contributed by atoms with Crippen molar-refractivity contribution in [3.8, 4) is 0 Å². The summed E-state index contributed by atoms with van der Waals surface area (Å²) in [7, 11) is 0.